The third-order valence-corrected chi connectivity index (χ3v) is 7.12. The molecule has 0 aliphatic heterocycles. The summed E-state index contributed by atoms with van der Waals surface area (Å²) >= 11 is 1.14. The van der Waals surface area contributed by atoms with Crippen LogP contribution in [0.3, 0.4) is 0 Å². The summed E-state index contributed by atoms with van der Waals surface area (Å²) < 4.78 is 6.37. The molecule has 8 heteroatoms. The maximum Gasteiger partial charge on any atom is 0.348 e. The number of hydrogen-bond acceptors (Lipinski definition) is 7. The fourth-order valence-electron chi connectivity index (χ4n) is 4.26. The topological polar surface area (TPSA) is 93.4 Å². The Morgan fingerprint density at radius 3 is 2.51 bits per heavy atom. The van der Waals surface area contributed by atoms with Gasteiger partial charge < -0.3 is 9.84 Å². The highest BCUT2D eigenvalue weighted by atomic mass is 32.1. The highest BCUT2D eigenvalue weighted by molar-refractivity contribution is 7.20. The van der Waals surface area contributed by atoms with Crippen LogP contribution in [0.1, 0.15) is 33.3 Å². The number of thiophene rings is 1. The first-order chi connectivity index (χ1) is 16.9. The minimum Gasteiger partial charge on any atom is -0.462 e. The zero-order valence-corrected chi connectivity index (χ0v) is 20.0. The summed E-state index contributed by atoms with van der Waals surface area (Å²) in [6.07, 6.45) is 4.89. The van der Waals surface area contributed by atoms with E-state index in [1.807, 2.05) is 66.7 Å². The van der Waals surface area contributed by atoms with Crippen LogP contribution in [-0.2, 0) is 10.3 Å². The normalized spacial score (nSPS) is 17.2. The van der Waals surface area contributed by atoms with Crippen LogP contribution in [0.4, 0.5) is 0 Å². The number of carbonyl (C=O) groups excluding carboxylic acids is 1. The standard InChI is InChI=1S/C27H23N3O4S/c1-3-34-26(32)23-17(2)22-24(35-23)28-16-30(25(22)31)29-20-14-21(18-10-6-4-7-11-18)27(33,15-20)19-12-8-5-9-13-19/h4-16,29,33H,3H2,1-2H3/t27-/m1/s1. The van der Waals surface area contributed by atoms with Crippen molar-refractivity contribution in [2.45, 2.75) is 19.4 Å². The molecule has 0 unspecified atom stereocenters. The molecule has 0 amide bonds. The molecule has 1 aliphatic rings. The van der Waals surface area contributed by atoms with Gasteiger partial charge in [-0.2, -0.15) is 0 Å². The Morgan fingerprint density at radius 2 is 1.83 bits per heavy atom. The molecule has 0 saturated heterocycles. The molecule has 0 spiro atoms. The molecule has 4 aromatic rings. The number of rotatable bonds is 6. The Bertz CT molecular complexity index is 1540. The van der Waals surface area contributed by atoms with Crippen molar-refractivity contribution in [3.05, 3.63) is 117 Å². The number of esters is 1. The largest absolute Gasteiger partial charge is 0.462 e. The lowest BCUT2D eigenvalue weighted by Crippen LogP contribution is -2.28. The highest BCUT2D eigenvalue weighted by Gasteiger charge is 2.37. The van der Waals surface area contributed by atoms with Crippen molar-refractivity contribution in [2.24, 2.45) is 0 Å². The average Bonchev–Trinajstić information content (AvgIpc) is 3.40. The van der Waals surface area contributed by atoms with Crippen LogP contribution < -0.4 is 11.0 Å². The SMILES string of the molecule is CCOC(=O)c1sc2ncn(NC3=C[C@@](O)(c4ccccc4)C(c4ccccc4)=C3)c(=O)c2c1C. The van der Waals surface area contributed by atoms with Crippen LogP contribution in [0, 0.1) is 6.92 Å². The van der Waals surface area contributed by atoms with E-state index in [0.29, 0.717) is 37.5 Å². The molecule has 2 N–H and O–H groups in total. The summed E-state index contributed by atoms with van der Waals surface area (Å²) in [6.45, 7) is 3.70. The van der Waals surface area contributed by atoms with Crippen LogP contribution in [0.5, 0.6) is 0 Å². The van der Waals surface area contributed by atoms with Crippen molar-refractivity contribution in [3.63, 3.8) is 0 Å². The van der Waals surface area contributed by atoms with Gasteiger partial charge in [0.05, 0.1) is 17.7 Å². The number of aromatic nitrogens is 2. The van der Waals surface area contributed by atoms with Crippen molar-refractivity contribution in [2.75, 3.05) is 12.0 Å². The monoisotopic (exact) mass is 485 g/mol. The number of allylic oxidation sites excluding steroid dienone is 1. The number of aryl methyl sites for hydroxylation is 1. The lowest BCUT2D eigenvalue weighted by Gasteiger charge is -2.25. The van der Waals surface area contributed by atoms with E-state index in [1.54, 1.807) is 19.9 Å². The van der Waals surface area contributed by atoms with E-state index in [-0.39, 0.29) is 12.2 Å². The number of carbonyl (C=O) groups is 1. The van der Waals surface area contributed by atoms with Crippen LogP contribution in [0.25, 0.3) is 15.8 Å². The third-order valence-electron chi connectivity index (χ3n) is 5.94. The summed E-state index contributed by atoms with van der Waals surface area (Å²) in [4.78, 5) is 30.8. The molecule has 35 heavy (non-hydrogen) atoms. The summed E-state index contributed by atoms with van der Waals surface area (Å²) in [7, 11) is 0. The van der Waals surface area contributed by atoms with Gasteiger partial charge in [-0.1, -0.05) is 60.7 Å². The summed E-state index contributed by atoms with van der Waals surface area (Å²) in [6, 6.07) is 19.0. The first-order valence-corrected chi connectivity index (χ1v) is 12.0. The molecule has 0 bridgehead atoms. The Hall–Kier alpha value is -4.01. The van der Waals surface area contributed by atoms with Crippen molar-refractivity contribution < 1.29 is 14.6 Å². The number of fused-ring (bicyclic) bond motifs is 1. The van der Waals surface area contributed by atoms with Gasteiger partial charge in [0.25, 0.3) is 5.56 Å². The van der Waals surface area contributed by atoms with Gasteiger partial charge in [-0.15, -0.1) is 11.3 Å². The predicted octanol–water partition coefficient (Wildman–Crippen LogP) is 4.36. The summed E-state index contributed by atoms with van der Waals surface area (Å²) in [5.74, 6) is -0.464. The predicted molar refractivity (Wildman–Crippen MR) is 137 cm³/mol. The molecule has 0 radical (unpaired) electrons. The number of ether oxygens (including phenoxy) is 1. The van der Waals surface area contributed by atoms with Gasteiger partial charge in [-0.05, 0) is 42.7 Å². The smallest absolute Gasteiger partial charge is 0.348 e. The van der Waals surface area contributed by atoms with Crippen molar-refractivity contribution in [1.82, 2.24) is 9.66 Å². The quantitative estimate of drug-likeness (QED) is 0.394. The minimum atomic E-state index is -1.39. The number of nitrogens with zero attached hydrogens (tertiary/aromatic N) is 2. The van der Waals surface area contributed by atoms with E-state index in [4.69, 9.17) is 4.74 Å². The molecule has 5 rings (SSSR count). The fourth-order valence-corrected chi connectivity index (χ4v) is 5.29. The Kier molecular flexibility index (Phi) is 5.84. The Labute approximate surface area is 205 Å². The van der Waals surface area contributed by atoms with E-state index in [1.165, 1.54) is 11.0 Å². The van der Waals surface area contributed by atoms with Crippen LogP contribution in [-0.4, -0.2) is 27.3 Å². The third kappa shape index (κ3) is 3.96. The summed E-state index contributed by atoms with van der Waals surface area (Å²) in [5.41, 5.74) is 4.68. The van der Waals surface area contributed by atoms with Crippen LogP contribution in [0.15, 0.2) is 89.6 Å². The van der Waals surface area contributed by atoms with Gasteiger partial charge in [0.1, 0.15) is 21.6 Å². The Morgan fingerprint density at radius 1 is 1.14 bits per heavy atom. The molecule has 1 atom stereocenters. The van der Waals surface area contributed by atoms with Gasteiger partial charge >= 0.3 is 5.97 Å². The second kappa shape index (κ2) is 8.98. The van der Waals surface area contributed by atoms with Gasteiger partial charge in [0.15, 0.2) is 0 Å². The van der Waals surface area contributed by atoms with Crippen molar-refractivity contribution >= 4 is 33.1 Å². The van der Waals surface area contributed by atoms with Crippen molar-refractivity contribution in [3.8, 4) is 0 Å². The van der Waals surface area contributed by atoms with Gasteiger partial charge in [0, 0.05) is 5.57 Å². The molecule has 0 fully saturated rings. The van der Waals surface area contributed by atoms with E-state index < -0.39 is 11.6 Å². The minimum absolute atomic E-state index is 0.250. The maximum absolute atomic E-state index is 13.3. The molecule has 2 aromatic carbocycles. The van der Waals surface area contributed by atoms with Crippen LogP contribution in [0.2, 0.25) is 0 Å². The molecular formula is C27H23N3O4S. The van der Waals surface area contributed by atoms with Gasteiger partial charge in [-0.25, -0.2) is 14.5 Å². The maximum atomic E-state index is 13.3. The van der Waals surface area contributed by atoms with E-state index in [0.717, 1.165) is 16.9 Å². The molecule has 2 aromatic heterocycles. The van der Waals surface area contributed by atoms with Crippen LogP contribution >= 0.6 is 11.3 Å². The van der Waals surface area contributed by atoms with E-state index in [2.05, 4.69) is 10.4 Å². The summed E-state index contributed by atoms with van der Waals surface area (Å²) in [5, 5.41) is 12.1. The molecule has 0 saturated carbocycles. The van der Waals surface area contributed by atoms with E-state index >= 15 is 0 Å². The molecular weight excluding hydrogens is 462 g/mol. The lowest BCUT2D eigenvalue weighted by atomic mass is 9.85. The van der Waals surface area contributed by atoms with Crippen molar-refractivity contribution in [1.29, 1.82) is 0 Å². The highest BCUT2D eigenvalue weighted by Crippen LogP contribution is 2.43. The number of benzene rings is 2. The molecule has 2 heterocycles. The average molecular weight is 486 g/mol. The second-order valence-electron chi connectivity index (χ2n) is 8.14. The lowest BCUT2D eigenvalue weighted by molar-refractivity contribution is 0.0531. The fraction of sp³-hybridized carbons (Fsp3) is 0.148. The zero-order chi connectivity index (χ0) is 24.6. The first-order valence-electron chi connectivity index (χ1n) is 11.2. The number of nitrogens with one attached hydrogen (secondary N) is 1. The van der Waals surface area contributed by atoms with Gasteiger partial charge in [-0.3, -0.25) is 10.2 Å². The number of hydrogen-bond donors (Lipinski definition) is 2. The Balaban J connectivity index is 1.57. The first kappa shape index (κ1) is 22.8. The molecule has 7 nitrogen and oxygen atoms in total. The molecule has 176 valence electrons. The van der Waals surface area contributed by atoms with Gasteiger partial charge in [0.2, 0.25) is 0 Å². The molecule has 1 aliphatic carbocycles. The number of aliphatic hydroxyl groups is 1. The zero-order valence-electron chi connectivity index (χ0n) is 19.2. The van der Waals surface area contributed by atoms with E-state index in [9.17, 15) is 14.7 Å². The second-order valence-corrected chi connectivity index (χ2v) is 9.14.